The Morgan fingerprint density at radius 3 is 2.43 bits per heavy atom. The highest BCUT2D eigenvalue weighted by Crippen LogP contribution is 2.36. The number of nitrogens with zero attached hydrogens (tertiary/aromatic N) is 1. The summed E-state index contributed by atoms with van der Waals surface area (Å²) in [5.41, 5.74) is -0.624. The van der Waals surface area contributed by atoms with Gasteiger partial charge in [-0.05, 0) is 12.1 Å². The second-order valence-electron chi connectivity index (χ2n) is 4.47. The van der Waals surface area contributed by atoms with Crippen LogP contribution in [0.4, 0.5) is 5.69 Å². The number of nitro groups is 1. The molecule has 1 rings (SSSR count). The van der Waals surface area contributed by atoms with Gasteiger partial charge in [0.1, 0.15) is 14.9 Å². The minimum atomic E-state index is -3.95. The minimum Gasteiger partial charge on any atom is -0.313 e. The zero-order valence-electron chi connectivity index (χ0n) is 11.4. The van der Waals surface area contributed by atoms with Crippen LogP contribution in [0, 0.1) is 10.1 Å². The Kier molecular flexibility index (Phi) is 6.36. The summed E-state index contributed by atoms with van der Waals surface area (Å²) < 4.78 is 26.5. The molecule has 0 aliphatic heterocycles. The summed E-state index contributed by atoms with van der Waals surface area (Å²) in [5.74, 6) is 0. The lowest BCUT2D eigenvalue weighted by Gasteiger charge is -2.11. The summed E-state index contributed by atoms with van der Waals surface area (Å²) in [6, 6.07) is 2.48. The lowest BCUT2D eigenvalue weighted by atomic mass is 10.3. The number of sulfonamides is 1. The molecule has 0 saturated heterocycles. The van der Waals surface area contributed by atoms with Crippen molar-refractivity contribution < 1.29 is 13.3 Å². The molecular weight excluding hydrogens is 341 g/mol. The van der Waals surface area contributed by atoms with Crippen molar-refractivity contribution in [1.82, 2.24) is 10.0 Å². The predicted octanol–water partition coefficient (Wildman–Crippen LogP) is 2.18. The standard InChI is InChI=1S/C11H15Cl2N3O4S/c1-7(2)14-5-6-15-21(19,20)9-4-3-8(12)11(10(9)13)16(17)18/h3-4,7,14-15H,5-6H2,1-2H3. The molecule has 0 amide bonds. The molecule has 0 heterocycles. The van der Waals surface area contributed by atoms with E-state index in [0.29, 0.717) is 6.54 Å². The van der Waals surface area contributed by atoms with E-state index < -0.39 is 25.7 Å². The van der Waals surface area contributed by atoms with Crippen LogP contribution in [0.1, 0.15) is 13.8 Å². The first-order chi connectivity index (χ1) is 9.66. The van der Waals surface area contributed by atoms with E-state index >= 15 is 0 Å². The van der Waals surface area contributed by atoms with Gasteiger partial charge in [-0.1, -0.05) is 37.0 Å². The molecule has 0 spiro atoms. The molecule has 0 aliphatic rings. The van der Waals surface area contributed by atoms with Gasteiger partial charge in [0.2, 0.25) is 10.0 Å². The Labute approximate surface area is 132 Å². The Bertz CT molecular complexity index is 635. The maximum absolute atomic E-state index is 12.1. The van der Waals surface area contributed by atoms with E-state index in [2.05, 4.69) is 10.0 Å². The molecular formula is C11H15Cl2N3O4S. The molecule has 0 unspecified atom stereocenters. The van der Waals surface area contributed by atoms with Crippen molar-refractivity contribution in [3.8, 4) is 0 Å². The van der Waals surface area contributed by atoms with Gasteiger partial charge >= 0.3 is 5.69 Å². The fourth-order valence-corrected chi connectivity index (χ4v) is 3.44. The van der Waals surface area contributed by atoms with E-state index in [0.717, 1.165) is 12.1 Å². The first-order valence-electron chi connectivity index (χ1n) is 6.02. The molecule has 0 fully saturated rings. The van der Waals surface area contributed by atoms with Crippen molar-refractivity contribution in [1.29, 1.82) is 0 Å². The number of benzene rings is 1. The molecule has 1 aromatic carbocycles. The molecule has 21 heavy (non-hydrogen) atoms. The lowest BCUT2D eigenvalue weighted by Crippen LogP contribution is -2.34. The first kappa shape index (κ1) is 18.1. The Hall–Kier alpha value is -0.930. The quantitative estimate of drug-likeness (QED) is 0.443. The third-order valence-electron chi connectivity index (χ3n) is 2.47. The molecule has 0 bridgehead atoms. The second kappa shape index (κ2) is 7.37. The van der Waals surface area contributed by atoms with Crippen LogP contribution in [0.15, 0.2) is 17.0 Å². The third kappa shape index (κ3) is 4.79. The van der Waals surface area contributed by atoms with Crippen LogP contribution in [0.25, 0.3) is 0 Å². The summed E-state index contributed by atoms with van der Waals surface area (Å²) in [5, 5.41) is 13.2. The monoisotopic (exact) mass is 355 g/mol. The van der Waals surface area contributed by atoms with Crippen LogP contribution in [0.3, 0.4) is 0 Å². The molecule has 0 aliphatic carbocycles. The number of halogens is 2. The van der Waals surface area contributed by atoms with Crippen LogP contribution in [-0.4, -0.2) is 32.5 Å². The summed E-state index contributed by atoms with van der Waals surface area (Å²) in [6.07, 6.45) is 0. The van der Waals surface area contributed by atoms with Gasteiger partial charge in [0.05, 0.1) is 4.92 Å². The SMILES string of the molecule is CC(C)NCCNS(=O)(=O)c1ccc(Cl)c([N+](=O)[O-])c1Cl. The summed E-state index contributed by atoms with van der Waals surface area (Å²) in [4.78, 5) is 9.68. The van der Waals surface area contributed by atoms with Gasteiger partial charge in [0.15, 0.2) is 0 Å². The maximum atomic E-state index is 12.1. The van der Waals surface area contributed by atoms with Crippen LogP contribution in [0.2, 0.25) is 10.0 Å². The molecule has 0 saturated carbocycles. The Morgan fingerprint density at radius 2 is 1.90 bits per heavy atom. The molecule has 10 heteroatoms. The Balaban J connectivity index is 2.99. The summed E-state index contributed by atoms with van der Waals surface area (Å²) in [7, 11) is -3.95. The summed E-state index contributed by atoms with van der Waals surface area (Å²) in [6.45, 7) is 4.40. The normalized spacial score (nSPS) is 11.9. The van der Waals surface area contributed by atoms with Gasteiger partial charge in [-0.2, -0.15) is 0 Å². The largest absolute Gasteiger partial charge is 0.313 e. The van der Waals surface area contributed by atoms with Crippen molar-refractivity contribution in [2.45, 2.75) is 24.8 Å². The van der Waals surface area contributed by atoms with E-state index in [9.17, 15) is 18.5 Å². The fourth-order valence-electron chi connectivity index (χ4n) is 1.52. The van der Waals surface area contributed by atoms with Gasteiger partial charge in [0.25, 0.3) is 0 Å². The lowest BCUT2D eigenvalue weighted by molar-refractivity contribution is -0.384. The summed E-state index contributed by atoms with van der Waals surface area (Å²) >= 11 is 11.5. The zero-order valence-corrected chi connectivity index (χ0v) is 13.7. The van der Waals surface area contributed by atoms with E-state index in [-0.39, 0.29) is 22.5 Å². The molecule has 118 valence electrons. The van der Waals surface area contributed by atoms with Crippen molar-refractivity contribution in [2.75, 3.05) is 13.1 Å². The second-order valence-corrected chi connectivity index (χ2v) is 6.99. The van der Waals surface area contributed by atoms with Gasteiger partial charge < -0.3 is 5.32 Å². The molecule has 7 nitrogen and oxygen atoms in total. The van der Waals surface area contributed by atoms with Gasteiger partial charge in [-0.25, -0.2) is 13.1 Å². The number of hydrogen-bond donors (Lipinski definition) is 2. The highest BCUT2D eigenvalue weighted by Gasteiger charge is 2.27. The van der Waals surface area contributed by atoms with Crippen molar-refractivity contribution in [2.24, 2.45) is 0 Å². The number of hydrogen-bond acceptors (Lipinski definition) is 5. The minimum absolute atomic E-state index is 0.132. The Morgan fingerprint density at radius 1 is 1.29 bits per heavy atom. The smallest absolute Gasteiger partial charge is 0.307 e. The number of nitrogens with one attached hydrogen (secondary N) is 2. The van der Waals surface area contributed by atoms with Crippen LogP contribution >= 0.6 is 23.2 Å². The van der Waals surface area contributed by atoms with E-state index in [1.807, 2.05) is 13.8 Å². The molecule has 2 N–H and O–H groups in total. The average Bonchev–Trinajstić information content (AvgIpc) is 2.33. The van der Waals surface area contributed by atoms with Crippen molar-refractivity contribution in [3.05, 3.63) is 32.3 Å². The highest BCUT2D eigenvalue weighted by atomic mass is 35.5. The molecule has 0 atom stereocenters. The molecule has 0 radical (unpaired) electrons. The first-order valence-corrected chi connectivity index (χ1v) is 8.26. The van der Waals surface area contributed by atoms with Crippen LogP contribution < -0.4 is 10.0 Å². The molecule has 0 aromatic heterocycles. The predicted molar refractivity (Wildman–Crippen MR) is 81.4 cm³/mol. The zero-order chi connectivity index (χ0) is 16.2. The van der Waals surface area contributed by atoms with Crippen molar-refractivity contribution >= 4 is 38.9 Å². The van der Waals surface area contributed by atoms with E-state index in [1.165, 1.54) is 0 Å². The topological polar surface area (TPSA) is 101 Å². The molecule has 1 aromatic rings. The fraction of sp³-hybridized carbons (Fsp3) is 0.455. The number of rotatable bonds is 7. The van der Waals surface area contributed by atoms with E-state index in [1.54, 1.807) is 0 Å². The third-order valence-corrected chi connectivity index (χ3v) is 4.78. The van der Waals surface area contributed by atoms with E-state index in [4.69, 9.17) is 23.2 Å². The van der Waals surface area contributed by atoms with Crippen molar-refractivity contribution in [3.63, 3.8) is 0 Å². The van der Waals surface area contributed by atoms with Crippen LogP contribution in [-0.2, 0) is 10.0 Å². The van der Waals surface area contributed by atoms with Crippen LogP contribution in [0.5, 0.6) is 0 Å². The van der Waals surface area contributed by atoms with Gasteiger partial charge in [-0.15, -0.1) is 0 Å². The number of nitro benzene ring substituents is 1. The highest BCUT2D eigenvalue weighted by molar-refractivity contribution is 7.89. The van der Waals surface area contributed by atoms with Gasteiger partial charge in [-0.3, -0.25) is 10.1 Å². The average molecular weight is 356 g/mol. The van der Waals surface area contributed by atoms with Gasteiger partial charge in [0, 0.05) is 19.1 Å². The maximum Gasteiger partial charge on any atom is 0.307 e.